The van der Waals surface area contributed by atoms with Crippen molar-refractivity contribution >= 4 is 0 Å². The number of hydrogen-bond donors (Lipinski definition) is 2. The normalized spacial score (nSPS) is 10.7. The molecule has 0 atom stereocenters. The molecule has 1 heterocycles. The number of nitrogens with zero attached hydrogens (tertiary/aromatic N) is 1. The van der Waals surface area contributed by atoms with Crippen LogP contribution in [0.2, 0.25) is 0 Å². The molecule has 1 aromatic carbocycles. The molecule has 0 spiro atoms. The van der Waals surface area contributed by atoms with Crippen molar-refractivity contribution in [1.82, 2.24) is 9.97 Å². The molecule has 0 fully saturated rings. The standard InChI is InChI=1S/C14H15FN2O2/c1-8-7-10(3-4-12(8)15)13-16-9(2)11(5-6-18)14(19)17-13/h3-4,7,18H,5-6H2,1-2H3,(H,16,17,19). The average Bonchev–Trinajstić information content (AvgIpc) is 2.37. The first kappa shape index (κ1) is 13.4. The van der Waals surface area contributed by atoms with Gasteiger partial charge in [0.25, 0.3) is 5.56 Å². The molecule has 2 aromatic rings. The maximum Gasteiger partial charge on any atom is 0.254 e. The first-order valence-corrected chi connectivity index (χ1v) is 6.00. The van der Waals surface area contributed by atoms with Gasteiger partial charge in [0.05, 0.1) is 0 Å². The van der Waals surface area contributed by atoms with E-state index >= 15 is 0 Å². The predicted molar refractivity (Wildman–Crippen MR) is 70.5 cm³/mol. The van der Waals surface area contributed by atoms with E-state index < -0.39 is 0 Å². The zero-order valence-electron chi connectivity index (χ0n) is 10.8. The number of aliphatic hydroxyl groups excluding tert-OH is 1. The van der Waals surface area contributed by atoms with Gasteiger partial charge in [-0.05, 0) is 37.6 Å². The van der Waals surface area contributed by atoms with Gasteiger partial charge in [0.1, 0.15) is 11.6 Å². The highest BCUT2D eigenvalue weighted by molar-refractivity contribution is 5.56. The molecule has 0 radical (unpaired) electrons. The number of nitrogens with one attached hydrogen (secondary N) is 1. The number of aromatic amines is 1. The van der Waals surface area contributed by atoms with Crippen molar-refractivity contribution in [2.75, 3.05) is 6.61 Å². The smallest absolute Gasteiger partial charge is 0.254 e. The molecule has 19 heavy (non-hydrogen) atoms. The van der Waals surface area contributed by atoms with Crippen molar-refractivity contribution in [3.63, 3.8) is 0 Å². The monoisotopic (exact) mass is 262 g/mol. The second-order valence-electron chi connectivity index (χ2n) is 4.42. The number of aryl methyl sites for hydroxylation is 2. The molecule has 5 heteroatoms. The maximum atomic E-state index is 13.2. The molecule has 0 aliphatic rings. The summed E-state index contributed by atoms with van der Waals surface area (Å²) in [5, 5.41) is 8.90. The van der Waals surface area contributed by atoms with E-state index in [9.17, 15) is 9.18 Å². The Kier molecular flexibility index (Phi) is 3.76. The van der Waals surface area contributed by atoms with Gasteiger partial charge in [-0.3, -0.25) is 4.79 Å². The Morgan fingerprint density at radius 2 is 2.11 bits per heavy atom. The summed E-state index contributed by atoms with van der Waals surface area (Å²) in [6.07, 6.45) is 0.275. The molecule has 4 nitrogen and oxygen atoms in total. The van der Waals surface area contributed by atoms with E-state index in [1.807, 2.05) is 0 Å². The highest BCUT2D eigenvalue weighted by Gasteiger charge is 2.10. The second kappa shape index (κ2) is 5.32. The first-order chi connectivity index (χ1) is 9.02. The summed E-state index contributed by atoms with van der Waals surface area (Å²) in [4.78, 5) is 18.9. The lowest BCUT2D eigenvalue weighted by atomic mass is 10.1. The largest absolute Gasteiger partial charge is 0.396 e. The minimum atomic E-state index is -0.292. The van der Waals surface area contributed by atoms with E-state index in [1.54, 1.807) is 26.0 Å². The van der Waals surface area contributed by atoms with E-state index in [0.717, 1.165) is 0 Å². The van der Waals surface area contributed by atoms with Crippen LogP contribution in [0.4, 0.5) is 4.39 Å². The van der Waals surface area contributed by atoms with E-state index in [2.05, 4.69) is 9.97 Å². The minimum absolute atomic E-state index is 0.0966. The highest BCUT2D eigenvalue weighted by Crippen LogP contribution is 2.18. The zero-order chi connectivity index (χ0) is 14.0. The van der Waals surface area contributed by atoms with Gasteiger partial charge in [-0.15, -0.1) is 0 Å². The Balaban J connectivity index is 2.52. The van der Waals surface area contributed by atoms with Crippen molar-refractivity contribution in [1.29, 1.82) is 0 Å². The quantitative estimate of drug-likeness (QED) is 0.885. The molecule has 0 bridgehead atoms. The van der Waals surface area contributed by atoms with Crippen LogP contribution in [-0.4, -0.2) is 21.7 Å². The Hall–Kier alpha value is -2.01. The van der Waals surface area contributed by atoms with Gasteiger partial charge < -0.3 is 10.1 Å². The summed E-state index contributed by atoms with van der Waals surface area (Å²) in [5.74, 6) is 0.118. The third kappa shape index (κ3) is 2.71. The lowest BCUT2D eigenvalue weighted by Gasteiger charge is -2.07. The maximum absolute atomic E-state index is 13.2. The SMILES string of the molecule is Cc1cc(-c2nc(C)c(CCO)c(=O)[nH]2)ccc1F. The van der Waals surface area contributed by atoms with Gasteiger partial charge in [0.15, 0.2) is 0 Å². The molecule has 0 unspecified atom stereocenters. The van der Waals surface area contributed by atoms with Crippen LogP contribution in [0.1, 0.15) is 16.8 Å². The molecule has 100 valence electrons. The fraction of sp³-hybridized carbons (Fsp3) is 0.286. The van der Waals surface area contributed by atoms with Gasteiger partial charge in [0.2, 0.25) is 0 Å². The number of aromatic nitrogens is 2. The van der Waals surface area contributed by atoms with Crippen LogP contribution in [-0.2, 0) is 6.42 Å². The van der Waals surface area contributed by atoms with Gasteiger partial charge in [-0.1, -0.05) is 0 Å². The highest BCUT2D eigenvalue weighted by atomic mass is 19.1. The Bertz CT molecular complexity index is 665. The number of rotatable bonds is 3. The average molecular weight is 262 g/mol. The Labute approximate surface area is 110 Å². The van der Waals surface area contributed by atoms with Crippen molar-refractivity contribution in [2.45, 2.75) is 20.3 Å². The minimum Gasteiger partial charge on any atom is -0.396 e. The summed E-state index contributed by atoms with van der Waals surface area (Å²) in [5.41, 5.74) is 1.95. The number of benzene rings is 1. The van der Waals surface area contributed by atoms with Crippen molar-refractivity contribution in [2.24, 2.45) is 0 Å². The third-order valence-corrected chi connectivity index (χ3v) is 3.02. The number of halogens is 1. The van der Waals surface area contributed by atoms with Crippen LogP contribution in [0, 0.1) is 19.7 Å². The van der Waals surface area contributed by atoms with Crippen LogP contribution in [0.15, 0.2) is 23.0 Å². The molecule has 0 saturated heterocycles. The van der Waals surface area contributed by atoms with Crippen molar-refractivity contribution < 1.29 is 9.50 Å². The predicted octanol–water partition coefficient (Wildman–Crippen LogP) is 1.73. The molecule has 0 aliphatic heterocycles. The fourth-order valence-corrected chi connectivity index (χ4v) is 1.95. The topological polar surface area (TPSA) is 66.0 Å². The van der Waals surface area contributed by atoms with E-state index in [1.165, 1.54) is 6.07 Å². The van der Waals surface area contributed by atoms with Crippen molar-refractivity contribution in [3.8, 4) is 11.4 Å². The lowest BCUT2D eigenvalue weighted by Crippen LogP contribution is -2.18. The van der Waals surface area contributed by atoms with E-state index in [4.69, 9.17) is 5.11 Å². The molecular formula is C14H15FN2O2. The number of H-pyrrole nitrogens is 1. The van der Waals surface area contributed by atoms with E-state index in [-0.39, 0.29) is 24.4 Å². The number of hydrogen-bond acceptors (Lipinski definition) is 3. The van der Waals surface area contributed by atoms with Gasteiger partial charge >= 0.3 is 0 Å². The van der Waals surface area contributed by atoms with E-state index in [0.29, 0.717) is 28.2 Å². The zero-order valence-corrected chi connectivity index (χ0v) is 10.8. The van der Waals surface area contributed by atoms with Crippen molar-refractivity contribution in [3.05, 3.63) is 51.2 Å². The first-order valence-electron chi connectivity index (χ1n) is 6.00. The van der Waals surface area contributed by atoms with Crippen LogP contribution >= 0.6 is 0 Å². The summed E-state index contributed by atoms with van der Waals surface area (Å²) in [7, 11) is 0. The molecular weight excluding hydrogens is 247 g/mol. The van der Waals surface area contributed by atoms with Gasteiger partial charge in [-0.2, -0.15) is 0 Å². The molecule has 2 N–H and O–H groups in total. The van der Waals surface area contributed by atoms with Crippen LogP contribution in [0.25, 0.3) is 11.4 Å². The molecule has 0 amide bonds. The van der Waals surface area contributed by atoms with Crippen LogP contribution < -0.4 is 5.56 Å². The summed E-state index contributed by atoms with van der Waals surface area (Å²) in [6, 6.07) is 4.56. The fourth-order valence-electron chi connectivity index (χ4n) is 1.95. The molecule has 0 aliphatic carbocycles. The molecule has 2 rings (SSSR count). The summed E-state index contributed by atoms with van der Waals surface area (Å²) >= 11 is 0. The van der Waals surface area contributed by atoms with Gasteiger partial charge in [-0.25, -0.2) is 9.37 Å². The third-order valence-electron chi connectivity index (χ3n) is 3.02. The van der Waals surface area contributed by atoms with Crippen LogP contribution in [0.5, 0.6) is 0 Å². The molecule has 1 aromatic heterocycles. The summed E-state index contributed by atoms with van der Waals surface area (Å²) < 4.78 is 13.2. The van der Waals surface area contributed by atoms with Crippen LogP contribution in [0.3, 0.4) is 0 Å². The Morgan fingerprint density at radius 3 is 2.68 bits per heavy atom. The lowest BCUT2D eigenvalue weighted by molar-refractivity contribution is 0.298. The second-order valence-corrected chi connectivity index (χ2v) is 4.42. The molecule has 0 saturated carbocycles. The summed E-state index contributed by atoms with van der Waals surface area (Å²) in [6.45, 7) is 3.28. The Morgan fingerprint density at radius 1 is 1.37 bits per heavy atom. The van der Waals surface area contributed by atoms with Gasteiger partial charge in [0, 0.05) is 29.8 Å². The number of aliphatic hydroxyl groups is 1.